The van der Waals surface area contributed by atoms with E-state index in [1.165, 1.54) is 18.2 Å². The zero-order valence-electron chi connectivity index (χ0n) is 14.1. The van der Waals surface area contributed by atoms with Gasteiger partial charge < -0.3 is 10.1 Å². The van der Waals surface area contributed by atoms with Gasteiger partial charge in [-0.1, -0.05) is 24.3 Å². The van der Waals surface area contributed by atoms with Crippen molar-refractivity contribution in [2.45, 2.75) is 13.1 Å². The number of fused-ring (bicyclic) bond motifs is 1. The molecular weight excluding hydrogens is 363 g/mol. The smallest absolute Gasteiger partial charge is 0.422 e. The molecule has 0 aliphatic rings. The van der Waals surface area contributed by atoms with Crippen LogP contribution in [0.2, 0.25) is 0 Å². The SMILES string of the molecule is Cc1ccc(NC(=O)c2n[nH]c(=O)c3ccccc23)c(OCC(F)(F)F)c1. The first-order chi connectivity index (χ1) is 12.7. The lowest BCUT2D eigenvalue weighted by molar-refractivity contribution is -0.153. The Balaban J connectivity index is 1.93. The third-order valence-electron chi connectivity index (χ3n) is 3.69. The number of H-pyrrole nitrogens is 1. The van der Waals surface area contributed by atoms with Gasteiger partial charge in [0.1, 0.15) is 5.75 Å². The Morgan fingerprint density at radius 1 is 1.19 bits per heavy atom. The number of anilines is 1. The predicted molar refractivity (Wildman–Crippen MR) is 93.0 cm³/mol. The first-order valence-electron chi connectivity index (χ1n) is 7.83. The van der Waals surface area contributed by atoms with E-state index in [-0.39, 0.29) is 22.5 Å². The summed E-state index contributed by atoms with van der Waals surface area (Å²) in [4.78, 5) is 24.4. The van der Waals surface area contributed by atoms with E-state index in [2.05, 4.69) is 15.5 Å². The van der Waals surface area contributed by atoms with Gasteiger partial charge in [-0.3, -0.25) is 9.59 Å². The normalized spacial score (nSPS) is 11.4. The van der Waals surface area contributed by atoms with E-state index in [1.807, 2.05) is 0 Å². The zero-order valence-corrected chi connectivity index (χ0v) is 14.1. The summed E-state index contributed by atoms with van der Waals surface area (Å²) < 4.78 is 42.2. The number of carbonyl (C=O) groups excluding carboxylic acids is 1. The Labute approximate surface area is 151 Å². The van der Waals surface area contributed by atoms with Crippen LogP contribution in [0.25, 0.3) is 10.8 Å². The van der Waals surface area contributed by atoms with Crippen molar-refractivity contribution in [2.75, 3.05) is 11.9 Å². The number of hydrogen-bond donors (Lipinski definition) is 2. The number of carbonyl (C=O) groups is 1. The minimum atomic E-state index is -4.51. The first kappa shape index (κ1) is 18.4. The fourth-order valence-electron chi connectivity index (χ4n) is 2.48. The van der Waals surface area contributed by atoms with E-state index in [1.54, 1.807) is 31.2 Å². The highest BCUT2D eigenvalue weighted by Gasteiger charge is 2.29. The number of nitrogens with zero attached hydrogens (tertiary/aromatic N) is 1. The van der Waals surface area contributed by atoms with E-state index in [4.69, 9.17) is 4.74 Å². The summed E-state index contributed by atoms with van der Waals surface area (Å²) >= 11 is 0. The Morgan fingerprint density at radius 2 is 1.89 bits per heavy atom. The molecule has 1 heterocycles. The summed E-state index contributed by atoms with van der Waals surface area (Å²) in [5.74, 6) is -0.808. The quantitative estimate of drug-likeness (QED) is 0.730. The molecule has 1 aromatic heterocycles. The molecule has 3 rings (SSSR count). The largest absolute Gasteiger partial charge is 0.482 e. The topological polar surface area (TPSA) is 84.1 Å². The molecule has 0 saturated carbocycles. The molecule has 0 radical (unpaired) electrons. The third-order valence-corrected chi connectivity index (χ3v) is 3.69. The van der Waals surface area contributed by atoms with Crippen LogP contribution in [0, 0.1) is 6.92 Å². The molecule has 0 atom stereocenters. The molecule has 6 nitrogen and oxygen atoms in total. The fourth-order valence-corrected chi connectivity index (χ4v) is 2.48. The van der Waals surface area contributed by atoms with Gasteiger partial charge in [-0.25, -0.2) is 5.10 Å². The van der Waals surface area contributed by atoms with Crippen molar-refractivity contribution >= 4 is 22.4 Å². The van der Waals surface area contributed by atoms with Crippen LogP contribution in [0.3, 0.4) is 0 Å². The summed E-state index contributed by atoms with van der Waals surface area (Å²) in [7, 11) is 0. The van der Waals surface area contributed by atoms with Crippen LogP contribution in [0.15, 0.2) is 47.3 Å². The van der Waals surface area contributed by atoms with Gasteiger partial charge >= 0.3 is 6.18 Å². The molecule has 0 bridgehead atoms. The Bertz CT molecular complexity index is 1060. The van der Waals surface area contributed by atoms with Crippen LogP contribution in [-0.2, 0) is 0 Å². The summed E-state index contributed by atoms with van der Waals surface area (Å²) in [6, 6.07) is 10.8. The van der Waals surface area contributed by atoms with E-state index in [0.717, 1.165) is 0 Å². The van der Waals surface area contributed by atoms with Crippen LogP contribution in [0.4, 0.5) is 18.9 Å². The number of alkyl halides is 3. The van der Waals surface area contributed by atoms with Gasteiger partial charge in [0.2, 0.25) is 0 Å². The van der Waals surface area contributed by atoms with Gasteiger partial charge in [-0.05, 0) is 30.7 Å². The van der Waals surface area contributed by atoms with Gasteiger partial charge in [0.15, 0.2) is 12.3 Å². The molecule has 2 aromatic carbocycles. The van der Waals surface area contributed by atoms with Crippen LogP contribution in [0.1, 0.15) is 16.1 Å². The molecule has 140 valence electrons. The monoisotopic (exact) mass is 377 g/mol. The number of hydrogen-bond acceptors (Lipinski definition) is 4. The van der Waals surface area contributed by atoms with Crippen molar-refractivity contribution in [1.29, 1.82) is 0 Å². The second-order valence-corrected chi connectivity index (χ2v) is 5.80. The number of halogens is 3. The molecule has 0 unspecified atom stereocenters. The molecule has 0 spiro atoms. The minimum absolute atomic E-state index is 0.0620. The standard InChI is InChI=1S/C18H14F3N3O3/c1-10-6-7-13(14(8-10)27-9-18(19,20)21)22-17(26)15-11-4-2-3-5-12(11)16(25)24-23-15/h2-8H,9H2,1H3,(H,22,26)(H,24,25). The van der Waals surface area contributed by atoms with Gasteiger partial charge in [0.05, 0.1) is 11.1 Å². The van der Waals surface area contributed by atoms with Gasteiger partial charge in [0.25, 0.3) is 11.5 Å². The maximum atomic E-state index is 12.6. The number of ether oxygens (including phenoxy) is 1. The van der Waals surface area contributed by atoms with Crippen LogP contribution < -0.4 is 15.6 Å². The zero-order chi connectivity index (χ0) is 19.6. The van der Waals surface area contributed by atoms with E-state index < -0.39 is 24.2 Å². The Kier molecular flexibility index (Phi) is 4.85. The van der Waals surface area contributed by atoms with Crippen molar-refractivity contribution in [1.82, 2.24) is 10.2 Å². The Morgan fingerprint density at radius 3 is 2.59 bits per heavy atom. The van der Waals surface area contributed by atoms with E-state index >= 15 is 0 Å². The van der Waals surface area contributed by atoms with E-state index in [0.29, 0.717) is 10.9 Å². The van der Waals surface area contributed by atoms with Crippen LogP contribution in [0.5, 0.6) is 5.75 Å². The lowest BCUT2D eigenvalue weighted by Crippen LogP contribution is -2.22. The molecule has 1 amide bonds. The molecular formula is C18H14F3N3O3. The number of benzene rings is 2. The average molecular weight is 377 g/mol. The molecule has 9 heteroatoms. The second kappa shape index (κ2) is 7.10. The maximum absolute atomic E-state index is 12.6. The van der Waals surface area contributed by atoms with Crippen molar-refractivity contribution in [2.24, 2.45) is 0 Å². The molecule has 2 N–H and O–H groups in total. The average Bonchev–Trinajstić information content (AvgIpc) is 2.61. The lowest BCUT2D eigenvalue weighted by atomic mass is 10.1. The predicted octanol–water partition coefficient (Wildman–Crippen LogP) is 3.42. The molecule has 0 saturated heterocycles. The van der Waals surface area contributed by atoms with Crippen molar-refractivity contribution in [3.8, 4) is 5.75 Å². The lowest BCUT2D eigenvalue weighted by Gasteiger charge is -2.14. The number of aromatic nitrogens is 2. The van der Waals surface area contributed by atoms with E-state index in [9.17, 15) is 22.8 Å². The van der Waals surface area contributed by atoms with Crippen molar-refractivity contribution < 1.29 is 22.7 Å². The van der Waals surface area contributed by atoms with Gasteiger partial charge in [0, 0.05) is 5.39 Å². The van der Waals surface area contributed by atoms with Crippen LogP contribution in [-0.4, -0.2) is 28.9 Å². The Hall–Kier alpha value is -3.36. The number of amides is 1. The van der Waals surface area contributed by atoms with Crippen molar-refractivity contribution in [3.05, 3.63) is 64.1 Å². The van der Waals surface area contributed by atoms with Crippen LogP contribution >= 0.6 is 0 Å². The summed E-state index contributed by atoms with van der Waals surface area (Å²) in [5, 5.41) is 9.08. The molecule has 0 fully saturated rings. The number of aryl methyl sites for hydroxylation is 1. The molecule has 27 heavy (non-hydrogen) atoms. The minimum Gasteiger partial charge on any atom is -0.482 e. The van der Waals surface area contributed by atoms with Gasteiger partial charge in [-0.15, -0.1) is 0 Å². The highest BCUT2D eigenvalue weighted by Crippen LogP contribution is 2.28. The number of aromatic amines is 1. The highest BCUT2D eigenvalue weighted by molar-refractivity contribution is 6.11. The third kappa shape index (κ3) is 4.25. The number of rotatable bonds is 4. The molecule has 0 aliphatic heterocycles. The fraction of sp³-hybridized carbons (Fsp3) is 0.167. The summed E-state index contributed by atoms with van der Waals surface area (Å²) in [6.07, 6.45) is -4.51. The summed E-state index contributed by atoms with van der Waals surface area (Å²) in [6.45, 7) is 0.197. The summed E-state index contributed by atoms with van der Waals surface area (Å²) in [5.41, 5.74) is 0.212. The highest BCUT2D eigenvalue weighted by atomic mass is 19.4. The van der Waals surface area contributed by atoms with Crippen molar-refractivity contribution in [3.63, 3.8) is 0 Å². The second-order valence-electron chi connectivity index (χ2n) is 5.80. The number of nitrogens with one attached hydrogen (secondary N) is 2. The molecule has 3 aromatic rings. The maximum Gasteiger partial charge on any atom is 0.422 e. The van der Waals surface area contributed by atoms with Gasteiger partial charge in [-0.2, -0.15) is 18.3 Å². The molecule has 0 aliphatic carbocycles. The first-order valence-corrected chi connectivity index (χ1v) is 7.83.